The van der Waals surface area contributed by atoms with Crippen molar-refractivity contribution in [3.63, 3.8) is 0 Å². The lowest BCUT2D eigenvalue weighted by Gasteiger charge is -2.28. The molecule has 1 aliphatic rings. The van der Waals surface area contributed by atoms with Gasteiger partial charge in [-0.15, -0.1) is 11.3 Å². The Labute approximate surface area is 226 Å². The fourth-order valence-corrected chi connectivity index (χ4v) is 7.85. The number of hydrogen-bond acceptors (Lipinski definition) is 4. The van der Waals surface area contributed by atoms with Gasteiger partial charge in [-0.1, -0.05) is 91.0 Å². The SMILES string of the molecule is c1ccc(-c2nc(N3c4cccc5c6cccc7c8cccc3c8n(c45)c67)nc3c2sc2ccccc23)cc1. The van der Waals surface area contributed by atoms with Gasteiger partial charge in [0.1, 0.15) is 0 Å². The zero-order chi connectivity index (χ0) is 25.2. The Hall–Kier alpha value is -5.00. The monoisotopic (exact) mass is 514 g/mol. The molecule has 4 aromatic heterocycles. The van der Waals surface area contributed by atoms with Gasteiger partial charge in [-0.3, -0.25) is 4.90 Å². The van der Waals surface area contributed by atoms with Gasteiger partial charge in [-0.25, -0.2) is 9.97 Å². The van der Waals surface area contributed by atoms with E-state index in [1.807, 2.05) is 0 Å². The summed E-state index contributed by atoms with van der Waals surface area (Å²) in [7, 11) is 0. The molecular weight excluding hydrogens is 496 g/mol. The third kappa shape index (κ3) is 2.36. The normalized spacial score (nSPS) is 13.1. The lowest BCUT2D eigenvalue weighted by molar-refractivity contribution is 1.11. The van der Waals surface area contributed by atoms with Crippen molar-refractivity contribution < 1.29 is 0 Å². The molecular formula is C34H18N4S. The topological polar surface area (TPSA) is 33.4 Å². The summed E-state index contributed by atoms with van der Waals surface area (Å²) >= 11 is 1.77. The number of thiophene rings is 1. The van der Waals surface area contributed by atoms with E-state index in [2.05, 4.69) is 118 Å². The van der Waals surface area contributed by atoms with E-state index in [0.717, 1.165) is 32.8 Å². The van der Waals surface area contributed by atoms with Crippen LogP contribution in [0, 0.1) is 0 Å². The molecule has 0 bridgehead atoms. The fraction of sp³-hybridized carbons (Fsp3) is 0. The molecule has 0 spiro atoms. The fourth-order valence-electron chi connectivity index (χ4n) is 6.70. The predicted molar refractivity (Wildman–Crippen MR) is 163 cm³/mol. The molecule has 5 heterocycles. The van der Waals surface area contributed by atoms with E-state index in [4.69, 9.17) is 9.97 Å². The van der Waals surface area contributed by atoms with Crippen LogP contribution in [0.15, 0.2) is 109 Å². The Balaban J connectivity index is 1.39. The highest BCUT2D eigenvalue weighted by Gasteiger charge is 2.31. The Morgan fingerprint density at radius 2 is 1.10 bits per heavy atom. The van der Waals surface area contributed by atoms with Crippen LogP contribution in [0.5, 0.6) is 0 Å². The number of hydrogen-bond donors (Lipinski definition) is 0. The van der Waals surface area contributed by atoms with Gasteiger partial charge in [0, 0.05) is 37.2 Å². The van der Waals surface area contributed by atoms with Crippen LogP contribution in [0.25, 0.3) is 69.7 Å². The molecule has 0 aliphatic carbocycles. The molecule has 9 aromatic rings. The van der Waals surface area contributed by atoms with Crippen LogP contribution >= 0.6 is 11.3 Å². The van der Waals surface area contributed by atoms with Gasteiger partial charge in [0.2, 0.25) is 5.95 Å². The summed E-state index contributed by atoms with van der Waals surface area (Å²) in [5, 5.41) is 6.28. The minimum atomic E-state index is 0.700. The van der Waals surface area contributed by atoms with E-state index in [9.17, 15) is 0 Å². The van der Waals surface area contributed by atoms with Crippen molar-refractivity contribution in [2.45, 2.75) is 0 Å². The van der Waals surface area contributed by atoms with Crippen molar-refractivity contribution >= 4 is 87.1 Å². The zero-order valence-corrected chi connectivity index (χ0v) is 21.4. The molecule has 39 heavy (non-hydrogen) atoms. The predicted octanol–water partition coefficient (Wildman–Crippen LogP) is 9.44. The highest BCUT2D eigenvalue weighted by atomic mass is 32.1. The van der Waals surface area contributed by atoms with E-state index in [0.29, 0.717) is 5.95 Å². The molecule has 1 aliphatic heterocycles. The first kappa shape index (κ1) is 20.0. The number of para-hydroxylation sites is 3. The number of anilines is 3. The average Bonchev–Trinajstić information content (AvgIpc) is 3.65. The van der Waals surface area contributed by atoms with Gasteiger partial charge in [-0.05, 0) is 18.2 Å². The number of benzene rings is 5. The average molecular weight is 515 g/mol. The Morgan fingerprint density at radius 3 is 1.82 bits per heavy atom. The summed E-state index contributed by atoms with van der Waals surface area (Å²) in [5.74, 6) is 0.700. The quantitative estimate of drug-likeness (QED) is 0.230. The number of aromatic nitrogens is 3. The first-order chi connectivity index (χ1) is 19.4. The summed E-state index contributed by atoms with van der Waals surface area (Å²) < 4.78 is 4.81. The second-order valence-electron chi connectivity index (χ2n) is 10.2. The van der Waals surface area contributed by atoms with Gasteiger partial charge in [0.25, 0.3) is 0 Å². The highest BCUT2D eigenvalue weighted by Crippen LogP contribution is 2.52. The maximum absolute atomic E-state index is 5.34. The molecule has 0 N–H and O–H groups in total. The van der Waals surface area contributed by atoms with E-state index in [1.54, 1.807) is 11.3 Å². The van der Waals surface area contributed by atoms with Gasteiger partial charge in [-0.2, -0.15) is 0 Å². The number of fused-ring (bicyclic) bond motifs is 5. The van der Waals surface area contributed by atoms with Crippen molar-refractivity contribution in [1.29, 1.82) is 0 Å². The van der Waals surface area contributed by atoms with Gasteiger partial charge in [0.15, 0.2) is 0 Å². The lowest BCUT2D eigenvalue weighted by atomic mass is 10.0. The van der Waals surface area contributed by atoms with Crippen LogP contribution < -0.4 is 4.90 Å². The van der Waals surface area contributed by atoms with E-state index in [-0.39, 0.29) is 0 Å². The highest BCUT2D eigenvalue weighted by molar-refractivity contribution is 7.26. The van der Waals surface area contributed by atoms with Crippen molar-refractivity contribution in [3.8, 4) is 11.3 Å². The van der Waals surface area contributed by atoms with Crippen LogP contribution in [-0.2, 0) is 0 Å². The molecule has 0 fully saturated rings. The second-order valence-corrected chi connectivity index (χ2v) is 11.3. The van der Waals surface area contributed by atoms with Crippen LogP contribution in [0.1, 0.15) is 0 Å². The lowest BCUT2D eigenvalue weighted by Crippen LogP contribution is -2.17. The zero-order valence-electron chi connectivity index (χ0n) is 20.6. The summed E-state index contributed by atoms with van der Waals surface area (Å²) in [6.45, 7) is 0. The maximum Gasteiger partial charge on any atom is 0.235 e. The van der Waals surface area contributed by atoms with Crippen LogP contribution in [0.2, 0.25) is 0 Å². The van der Waals surface area contributed by atoms with Gasteiger partial charge >= 0.3 is 0 Å². The second kappa shape index (κ2) is 6.90. The van der Waals surface area contributed by atoms with Crippen molar-refractivity contribution in [3.05, 3.63) is 109 Å². The molecule has 0 amide bonds. The van der Waals surface area contributed by atoms with Crippen molar-refractivity contribution in [1.82, 2.24) is 14.4 Å². The molecule has 0 radical (unpaired) electrons. The van der Waals surface area contributed by atoms with Crippen molar-refractivity contribution in [2.75, 3.05) is 4.90 Å². The molecule has 0 saturated carbocycles. The smallest absolute Gasteiger partial charge is 0.235 e. The molecule has 180 valence electrons. The summed E-state index contributed by atoms with van der Waals surface area (Å²) in [6.07, 6.45) is 0. The summed E-state index contributed by atoms with van der Waals surface area (Å²) in [4.78, 5) is 12.9. The summed E-state index contributed by atoms with van der Waals surface area (Å²) in [5.41, 5.74) is 9.04. The Kier molecular flexibility index (Phi) is 3.54. The van der Waals surface area contributed by atoms with E-state index in [1.165, 1.54) is 48.2 Å². The first-order valence-electron chi connectivity index (χ1n) is 13.1. The molecule has 10 rings (SSSR count). The van der Waals surface area contributed by atoms with Crippen molar-refractivity contribution in [2.24, 2.45) is 0 Å². The summed E-state index contributed by atoms with van der Waals surface area (Å²) in [6, 6.07) is 38.9. The van der Waals surface area contributed by atoms with Gasteiger partial charge in [0.05, 0.1) is 43.8 Å². The Morgan fingerprint density at radius 1 is 0.513 bits per heavy atom. The molecule has 5 aromatic carbocycles. The van der Waals surface area contributed by atoms with Gasteiger partial charge < -0.3 is 4.40 Å². The molecule has 0 atom stereocenters. The number of rotatable bonds is 2. The molecule has 5 heteroatoms. The third-order valence-electron chi connectivity index (χ3n) is 8.25. The number of nitrogens with zero attached hydrogens (tertiary/aromatic N) is 4. The van der Waals surface area contributed by atoms with E-state index >= 15 is 0 Å². The first-order valence-corrected chi connectivity index (χ1v) is 13.9. The van der Waals surface area contributed by atoms with Crippen LogP contribution in [0.4, 0.5) is 17.3 Å². The maximum atomic E-state index is 5.34. The Bertz CT molecular complexity index is 2360. The molecule has 0 saturated heterocycles. The van der Waals surface area contributed by atoms with E-state index < -0.39 is 0 Å². The minimum absolute atomic E-state index is 0.700. The molecule has 0 unspecified atom stereocenters. The minimum Gasteiger partial charge on any atom is -0.304 e. The third-order valence-corrected chi connectivity index (χ3v) is 9.42. The standard InChI is InChI=1S/C34H18N4S/c1-2-9-19(10-3-1)28-33-29(24-11-4-5-18-27(24)39-33)36-34(35-28)37-25-16-7-14-22-20-12-6-13-21-23-15-8-17-26(37)32(23)38(30(20)21)31(22)25/h1-18H. The van der Waals surface area contributed by atoms with Crippen LogP contribution in [0.3, 0.4) is 0 Å². The van der Waals surface area contributed by atoms with Crippen LogP contribution in [-0.4, -0.2) is 14.4 Å². The largest absolute Gasteiger partial charge is 0.304 e. The molecule has 4 nitrogen and oxygen atoms in total.